The van der Waals surface area contributed by atoms with Crippen LogP contribution in [0.5, 0.6) is 11.5 Å². The predicted octanol–water partition coefficient (Wildman–Crippen LogP) is 6.96. The molecule has 29 heavy (non-hydrogen) atoms. The van der Waals surface area contributed by atoms with Crippen molar-refractivity contribution in [2.75, 3.05) is 19.8 Å². The van der Waals surface area contributed by atoms with Crippen LogP contribution in [0.25, 0.3) is 6.08 Å². The minimum absolute atomic E-state index is 0.321. The van der Waals surface area contributed by atoms with Gasteiger partial charge < -0.3 is 14.2 Å². The van der Waals surface area contributed by atoms with E-state index in [1.165, 1.54) is 44.6 Å². The van der Waals surface area contributed by atoms with Crippen molar-refractivity contribution in [2.45, 2.75) is 85.0 Å². The van der Waals surface area contributed by atoms with Crippen LogP contribution in [0.15, 0.2) is 24.3 Å². The zero-order valence-electron chi connectivity index (χ0n) is 18.7. The molecule has 0 N–H and O–H groups in total. The van der Waals surface area contributed by atoms with Crippen LogP contribution in [0.1, 0.15) is 90.5 Å². The van der Waals surface area contributed by atoms with Crippen LogP contribution in [-0.2, 0) is 9.53 Å². The second-order valence-corrected chi connectivity index (χ2v) is 7.37. The molecule has 1 aromatic rings. The zero-order valence-corrected chi connectivity index (χ0v) is 18.7. The summed E-state index contributed by atoms with van der Waals surface area (Å²) >= 11 is 0. The van der Waals surface area contributed by atoms with Crippen molar-refractivity contribution in [2.24, 2.45) is 0 Å². The lowest BCUT2D eigenvalue weighted by Crippen LogP contribution is -2.03. The van der Waals surface area contributed by atoms with Gasteiger partial charge in [0.15, 0.2) is 0 Å². The van der Waals surface area contributed by atoms with E-state index < -0.39 is 0 Å². The SMILES string of the molecule is CCCCCCOc1ccc(OCCCCCC)c(C=CC(=O)OCCCC)c1. The fraction of sp³-hybridized carbons (Fsp3) is 0.640. The van der Waals surface area contributed by atoms with Crippen LogP contribution in [0.2, 0.25) is 0 Å². The maximum absolute atomic E-state index is 11.9. The first kappa shape index (κ1) is 25.1. The van der Waals surface area contributed by atoms with Crippen molar-refractivity contribution in [1.29, 1.82) is 0 Å². The lowest BCUT2D eigenvalue weighted by atomic mass is 10.1. The number of hydrogen-bond acceptors (Lipinski definition) is 4. The van der Waals surface area contributed by atoms with Crippen LogP contribution in [-0.4, -0.2) is 25.8 Å². The quantitative estimate of drug-likeness (QED) is 0.160. The number of ether oxygens (including phenoxy) is 3. The Morgan fingerprint density at radius 2 is 1.45 bits per heavy atom. The molecule has 0 radical (unpaired) electrons. The van der Waals surface area contributed by atoms with Crippen molar-refractivity contribution < 1.29 is 19.0 Å². The van der Waals surface area contributed by atoms with Crippen molar-refractivity contribution >= 4 is 12.0 Å². The molecule has 0 amide bonds. The summed E-state index contributed by atoms with van der Waals surface area (Å²) in [7, 11) is 0. The van der Waals surface area contributed by atoms with Crippen LogP contribution >= 0.6 is 0 Å². The topological polar surface area (TPSA) is 44.8 Å². The Kier molecular flexibility index (Phi) is 14.6. The van der Waals surface area contributed by atoms with Gasteiger partial charge in [0.25, 0.3) is 0 Å². The largest absolute Gasteiger partial charge is 0.494 e. The first-order valence-corrected chi connectivity index (χ1v) is 11.5. The summed E-state index contributed by atoms with van der Waals surface area (Å²) in [5, 5.41) is 0. The summed E-state index contributed by atoms with van der Waals surface area (Å²) in [6, 6.07) is 5.82. The first-order chi connectivity index (χ1) is 14.2. The molecule has 1 aromatic carbocycles. The van der Waals surface area contributed by atoms with E-state index in [9.17, 15) is 4.79 Å². The van der Waals surface area contributed by atoms with Crippen molar-refractivity contribution in [3.8, 4) is 11.5 Å². The molecule has 0 spiro atoms. The standard InChI is InChI=1S/C25H40O4/c1-4-7-10-12-19-27-23-15-16-24(28-20-13-11-8-5-2)22(21-23)14-17-25(26)29-18-9-6-3/h14-17,21H,4-13,18-20H2,1-3H3. The fourth-order valence-electron chi connectivity index (χ4n) is 2.83. The highest BCUT2D eigenvalue weighted by molar-refractivity contribution is 5.87. The van der Waals surface area contributed by atoms with E-state index in [1.807, 2.05) is 18.2 Å². The molecule has 0 fully saturated rings. The van der Waals surface area contributed by atoms with Gasteiger partial charge in [0.05, 0.1) is 19.8 Å². The average Bonchev–Trinajstić information content (AvgIpc) is 2.73. The van der Waals surface area contributed by atoms with Gasteiger partial charge in [-0.05, 0) is 43.5 Å². The molecule has 1 rings (SSSR count). The summed E-state index contributed by atoms with van der Waals surface area (Å²) in [6.07, 6.45) is 14.5. The predicted molar refractivity (Wildman–Crippen MR) is 121 cm³/mol. The van der Waals surface area contributed by atoms with Crippen molar-refractivity contribution in [3.63, 3.8) is 0 Å². The van der Waals surface area contributed by atoms with E-state index in [0.717, 1.165) is 42.7 Å². The van der Waals surface area contributed by atoms with Crippen LogP contribution < -0.4 is 9.47 Å². The summed E-state index contributed by atoms with van der Waals surface area (Å²) in [6.45, 7) is 8.32. The highest BCUT2D eigenvalue weighted by Crippen LogP contribution is 2.26. The maximum Gasteiger partial charge on any atom is 0.330 e. The van der Waals surface area contributed by atoms with E-state index in [0.29, 0.717) is 19.8 Å². The van der Waals surface area contributed by atoms with Gasteiger partial charge in [-0.2, -0.15) is 0 Å². The number of benzene rings is 1. The Labute approximate surface area is 177 Å². The third-order valence-electron chi connectivity index (χ3n) is 4.64. The number of unbranched alkanes of at least 4 members (excludes halogenated alkanes) is 7. The van der Waals surface area contributed by atoms with E-state index in [1.54, 1.807) is 6.08 Å². The summed E-state index contributed by atoms with van der Waals surface area (Å²) in [5.41, 5.74) is 0.846. The van der Waals surface area contributed by atoms with Gasteiger partial charge in [0.2, 0.25) is 0 Å². The van der Waals surface area contributed by atoms with Crippen molar-refractivity contribution in [1.82, 2.24) is 0 Å². The molecule has 0 bridgehead atoms. The number of carbonyl (C=O) groups is 1. The molecule has 0 aliphatic rings. The molecule has 4 heteroatoms. The van der Waals surface area contributed by atoms with E-state index in [-0.39, 0.29) is 5.97 Å². The van der Waals surface area contributed by atoms with Gasteiger partial charge in [-0.25, -0.2) is 4.79 Å². The molecule has 0 heterocycles. The van der Waals surface area contributed by atoms with E-state index >= 15 is 0 Å². The number of rotatable bonds is 17. The molecule has 0 atom stereocenters. The van der Waals surface area contributed by atoms with Crippen LogP contribution in [0.4, 0.5) is 0 Å². The second-order valence-electron chi connectivity index (χ2n) is 7.37. The number of esters is 1. The molecule has 164 valence electrons. The molecule has 0 aromatic heterocycles. The third-order valence-corrected chi connectivity index (χ3v) is 4.64. The summed E-state index contributed by atoms with van der Waals surface area (Å²) in [4.78, 5) is 11.9. The molecule has 0 aliphatic carbocycles. The van der Waals surface area contributed by atoms with Crippen molar-refractivity contribution in [3.05, 3.63) is 29.8 Å². The number of hydrogen-bond donors (Lipinski definition) is 0. The molecule has 4 nitrogen and oxygen atoms in total. The molecule has 0 unspecified atom stereocenters. The zero-order chi connectivity index (χ0) is 21.2. The van der Waals surface area contributed by atoms with Crippen LogP contribution in [0.3, 0.4) is 0 Å². The molecule has 0 aliphatic heterocycles. The summed E-state index contributed by atoms with van der Waals surface area (Å²) in [5.74, 6) is 1.26. The second kappa shape index (κ2) is 16.9. The molecule has 0 saturated carbocycles. The fourth-order valence-corrected chi connectivity index (χ4v) is 2.83. The lowest BCUT2D eigenvalue weighted by molar-refractivity contribution is -0.137. The van der Waals surface area contributed by atoms with Gasteiger partial charge in [-0.3, -0.25) is 0 Å². The van der Waals surface area contributed by atoms with E-state index in [4.69, 9.17) is 14.2 Å². The highest BCUT2D eigenvalue weighted by Gasteiger charge is 2.06. The Balaban J connectivity index is 2.70. The van der Waals surface area contributed by atoms with E-state index in [2.05, 4.69) is 20.8 Å². The van der Waals surface area contributed by atoms with Gasteiger partial charge in [0.1, 0.15) is 11.5 Å². The Bertz CT molecular complexity index is 580. The molecule has 0 saturated heterocycles. The average molecular weight is 405 g/mol. The lowest BCUT2D eigenvalue weighted by Gasteiger charge is -2.12. The minimum atomic E-state index is -0.321. The normalized spacial score (nSPS) is 11.0. The molecular formula is C25H40O4. The smallest absolute Gasteiger partial charge is 0.330 e. The monoisotopic (exact) mass is 404 g/mol. The third kappa shape index (κ3) is 12.2. The Hall–Kier alpha value is -1.97. The maximum atomic E-state index is 11.9. The summed E-state index contributed by atoms with van der Waals surface area (Å²) < 4.78 is 17.1. The van der Waals surface area contributed by atoms with Gasteiger partial charge in [-0.1, -0.05) is 65.7 Å². The van der Waals surface area contributed by atoms with Gasteiger partial charge in [0, 0.05) is 11.6 Å². The van der Waals surface area contributed by atoms with Gasteiger partial charge in [-0.15, -0.1) is 0 Å². The minimum Gasteiger partial charge on any atom is -0.494 e. The Morgan fingerprint density at radius 1 is 0.793 bits per heavy atom. The Morgan fingerprint density at radius 3 is 2.10 bits per heavy atom. The van der Waals surface area contributed by atoms with Crippen LogP contribution in [0, 0.1) is 0 Å². The first-order valence-electron chi connectivity index (χ1n) is 11.5. The molecular weight excluding hydrogens is 364 g/mol. The van der Waals surface area contributed by atoms with Gasteiger partial charge >= 0.3 is 5.97 Å². The highest BCUT2D eigenvalue weighted by atomic mass is 16.5. The number of carbonyl (C=O) groups excluding carboxylic acids is 1.